The molecular formula is C14H20N2O. The number of fused-ring (bicyclic) bond motifs is 1. The van der Waals surface area contributed by atoms with Crippen LogP contribution >= 0.6 is 0 Å². The van der Waals surface area contributed by atoms with Gasteiger partial charge in [-0.05, 0) is 19.0 Å². The minimum Gasteiger partial charge on any atom is -0.387 e. The fraction of sp³-hybridized carbons (Fsp3) is 0.429. The lowest BCUT2D eigenvalue weighted by Gasteiger charge is -2.08. The number of nitrogens with zero attached hydrogens (tertiary/aromatic N) is 1. The predicted octanol–water partition coefficient (Wildman–Crippen LogP) is 1.99. The van der Waals surface area contributed by atoms with Gasteiger partial charge in [-0.2, -0.15) is 0 Å². The molecule has 1 aromatic carbocycles. The van der Waals surface area contributed by atoms with Crippen molar-refractivity contribution in [2.75, 3.05) is 13.6 Å². The van der Waals surface area contributed by atoms with Gasteiger partial charge in [-0.1, -0.05) is 25.1 Å². The molecule has 0 amide bonds. The van der Waals surface area contributed by atoms with E-state index in [1.54, 1.807) is 0 Å². The van der Waals surface area contributed by atoms with Crippen molar-refractivity contribution in [2.45, 2.75) is 19.4 Å². The third-order valence-corrected chi connectivity index (χ3v) is 3.25. The van der Waals surface area contributed by atoms with E-state index >= 15 is 0 Å². The van der Waals surface area contributed by atoms with Crippen molar-refractivity contribution in [2.24, 2.45) is 7.05 Å². The lowest BCUT2D eigenvalue weighted by atomic mass is 10.0. The number of rotatable bonds is 4. The van der Waals surface area contributed by atoms with Crippen molar-refractivity contribution in [3.8, 4) is 0 Å². The fourth-order valence-electron chi connectivity index (χ4n) is 2.44. The number of likely N-dealkylation sites (N-methyl/N-ethyl adjacent to an activating group) is 1. The molecule has 2 rings (SSSR count). The second kappa shape index (κ2) is 4.90. The van der Waals surface area contributed by atoms with Gasteiger partial charge in [-0.3, -0.25) is 0 Å². The van der Waals surface area contributed by atoms with Gasteiger partial charge in [0.15, 0.2) is 0 Å². The molecule has 0 bridgehead atoms. The third-order valence-electron chi connectivity index (χ3n) is 3.25. The molecule has 1 unspecified atom stereocenters. The zero-order chi connectivity index (χ0) is 12.4. The summed E-state index contributed by atoms with van der Waals surface area (Å²) in [5.41, 5.74) is 3.57. The van der Waals surface area contributed by atoms with E-state index in [0.717, 1.165) is 17.4 Å². The minimum absolute atomic E-state index is 0.448. The first-order valence-corrected chi connectivity index (χ1v) is 6.08. The number of nitrogens with one attached hydrogen (secondary N) is 1. The number of benzene rings is 1. The highest BCUT2D eigenvalue weighted by atomic mass is 16.3. The van der Waals surface area contributed by atoms with Crippen molar-refractivity contribution in [1.29, 1.82) is 0 Å². The molecule has 1 heterocycles. The molecular weight excluding hydrogens is 212 g/mol. The van der Waals surface area contributed by atoms with Gasteiger partial charge in [0.2, 0.25) is 0 Å². The number of aliphatic hydroxyl groups is 1. The standard InChI is InChI=1S/C14H20N2O/c1-4-10-6-5-7-11-12(13(17)8-15-2)9-16(3)14(10)11/h5-7,9,13,15,17H,4,8H2,1-3H3. The molecule has 1 aromatic heterocycles. The summed E-state index contributed by atoms with van der Waals surface area (Å²) in [6.07, 6.45) is 2.60. The maximum Gasteiger partial charge on any atom is 0.0934 e. The van der Waals surface area contributed by atoms with Gasteiger partial charge in [0.25, 0.3) is 0 Å². The molecule has 0 aliphatic heterocycles. The Morgan fingerprint density at radius 2 is 2.18 bits per heavy atom. The first kappa shape index (κ1) is 12.1. The summed E-state index contributed by atoms with van der Waals surface area (Å²) in [6.45, 7) is 2.74. The van der Waals surface area contributed by atoms with Crippen LogP contribution in [0.4, 0.5) is 0 Å². The van der Waals surface area contributed by atoms with E-state index in [0.29, 0.717) is 6.54 Å². The van der Waals surface area contributed by atoms with Gasteiger partial charge in [0.05, 0.1) is 11.6 Å². The molecule has 0 fully saturated rings. The number of para-hydroxylation sites is 1. The first-order chi connectivity index (χ1) is 8.19. The Morgan fingerprint density at radius 3 is 2.82 bits per heavy atom. The van der Waals surface area contributed by atoms with Crippen molar-refractivity contribution in [3.05, 3.63) is 35.5 Å². The minimum atomic E-state index is -0.448. The van der Waals surface area contributed by atoms with E-state index in [9.17, 15) is 5.11 Å². The van der Waals surface area contributed by atoms with Gasteiger partial charge in [0, 0.05) is 30.7 Å². The number of hydrogen-bond acceptors (Lipinski definition) is 2. The van der Waals surface area contributed by atoms with E-state index in [1.165, 1.54) is 11.1 Å². The van der Waals surface area contributed by atoms with Gasteiger partial charge >= 0.3 is 0 Å². The molecule has 0 aliphatic rings. The molecule has 0 aliphatic carbocycles. The Bertz CT molecular complexity index is 516. The highest BCUT2D eigenvalue weighted by molar-refractivity contribution is 5.87. The van der Waals surface area contributed by atoms with E-state index in [4.69, 9.17) is 0 Å². The number of aliphatic hydroxyl groups excluding tert-OH is 1. The zero-order valence-electron chi connectivity index (χ0n) is 10.7. The van der Waals surface area contributed by atoms with Crippen LogP contribution in [0.25, 0.3) is 10.9 Å². The SMILES string of the molecule is CCc1cccc2c(C(O)CNC)cn(C)c12. The van der Waals surface area contributed by atoms with E-state index in [1.807, 2.05) is 20.3 Å². The predicted molar refractivity (Wildman–Crippen MR) is 71.2 cm³/mol. The van der Waals surface area contributed by atoms with Crippen LogP contribution in [0.3, 0.4) is 0 Å². The molecule has 92 valence electrons. The largest absolute Gasteiger partial charge is 0.387 e. The molecule has 3 nitrogen and oxygen atoms in total. The van der Waals surface area contributed by atoms with Gasteiger partial charge in [-0.25, -0.2) is 0 Å². The Morgan fingerprint density at radius 1 is 1.41 bits per heavy atom. The monoisotopic (exact) mass is 232 g/mol. The molecule has 2 aromatic rings. The summed E-state index contributed by atoms with van der Waals surface area (Å²) >= 11 is 0. The lowest BCUT2D eigenvalue weighted by Crippen LogP contribution is -2.16. The summed E-state index contributed by atoms with van der Waals surface area (Å²) < 4.78 is 2.11. The molecule has 0 radical (unpaired) electrons. The Balaban J connectivity index is 2.59. The van der Waals surface area contributed by atoms with Crippen LogP contribution < -0.4 is 5.32 Å². The maximum absolute atomic E-state index is 10.1. The van der Waals surface area contributed by atoms with Gasteiger partial charge in [0.1, 0.15) is 0 Å². The Hall–Kier alpha value is -1.32. The fourth-order valence-corrected chi connectivity index (χ4v) is 2.44. The molecule has 0 saturated heterocycles. The molecule has 0 spiro atoms. The van der Waals surface area contributed by atoms with Crippen LogP contribution in [0.2, 0.25) is 0 Å². The highest BCUT2D eigenvalue weighted by Crippen LogP contribution is 2.28. The topological polar surface area (TPSA) is 37.2 Å². The highest BCUT2D eigenvalue weighted by Gasteiger charge is 2.15. The summed E-state index contributed by atoms with van der Waals surface area (Å²) in [5, 5.41) is 14.3. The van der Waals surface area contributed by atoms with E-state index in [2.05, 4.69) is 35.0 Å². The molecule has 17 heavy (non-hydrogen) atoms. The van der Waals surface area contributed by atoms with Crippen LogP contribution in [-0.2, 0) is 13.5 Å². The molecule has 1 atom stereocenters. The van der Waals surface area contributed by atoms with E-state index in [-0.39, 0.29) is 0 Å². The second-order valence-electron chi connectivity index (χ2n) is 4.44. The average molecular weight is 232 g/mol. The second-order valence-corrected chi connectivity index (χ2v) is 4.44. The van der Waals surface area contributed by atoms with Crippen LogP contribution in [-0.4, -0.2) is 23.3 Å². The van der Waals surface area contributed by atoms with Crippen molar-refractivity contribution in [3.63, 3.8) is 0 Å². The Labute approximate surface area is 102 Å². The van der Waals surface area contributed by atoms with Crippen molar-refractivity contribution >= 4 is 10.9 Å². The van der Waals surface area contributed by atoms with Gasteiger partial charge in [-0.15, -0.1) is 0 Å². The summed E-state index contributed by atoms with van der Waals surface area (Å²) in [6, 6.07) is 6.30. The number of aromatic nitrogens is 1. The number of hydrogen-bond donors (Lipinski definition) is 2. The summed E-state index contributed by atoms with van der Waals surface area (Å²) in [4.78, 5) is 0. The Kier molecular flexibility index (Phi) is 3.50. The van der Waals surface area contributed by atoms with Crippen molar-refractivity contribution < 1.29 is 5.11 Å². The molecule has 2 N–H and O–H groups in total. The smallest absolute Gasteiger partial charge is 0.0934 e. The maximum atomic E-state index is 10.1. The third kappa shape index (κ3) is 2.08. The quantitative estimate of drug-likeness (QED) is 0.846. The normalized spacial score (nSPS) is 13.2. The lowest BCUT2D eigenvalue weighted by molar-refractivity contribution is 0.179. The zero-order valence-corrected chi connectivity index (χ0v) is 10.7. The van der Waals surface area contributed by atoms with Crippen LogP contribution in [0.5, 0.6) is 0 Å². The summed E-state index contributed by atoms with van der Waals surface area (Å²) in [7, 11) is 3.89. The van der Waals surface area contributed by atoms with Crippen molar-refractivity contribution in [1.82, 2.24) is 9.88 Å². The average Bonchev–Trinajstić information content (AvgIpc) is 2.67. The van der Waals surface area contributed by atoms with Crippen LogP contribution in [0.1, 0.15) is 24.2 Å². The van der Waals surface area contributed by atoms with E-state index < -0.39 is 6.10 Å². The molecule has 3 heteroatoms. The van der Waals surface area contributed by atoms with Gasteiger partial charge < -0.3 is 15.0 Å². The summed E-state index contributed by atoms with van der Waals surface area (Å²) in [5.74, 6) is 0. The van der Waals surface area contributed by atoms with Crippen LogP contribution in [0, 0.1) is 0 Å². The first-order valence-electron chi connectivity index (χ1n) is 6.08. The number of aryl methyl sites for hydroxylation is 2. The molecule has 0 saturated carbocycles. The van der Waals surface area contributed by atoms with Crippen LogP contribution in [0.15, 0.2) is 24.4 Å².